The lowest BCUT2D eigenvalue weighted by molar-refractivity contribution is -0.137. The molecule has 1 aromatic heterocycles. The summed E-state index contributed by atoms with van der Waals surface area (Å²) in [4.78, 5) is 24.3. The zero-order valence-electron chi connectivity index (χ0n) is 19.9. The van der Waals surface area contributed by atoms with Gasteiger partial charge in [-0.3, -0.25) is 9.69 Å². The van der Waals surface area contributed by atoms with Crippen LogP contribution in [0, 0.1) is 5.92 Å². The molecule has 9 heteroatoms. The fraction of sp³-hybridized carbons (Fsp3) is 0.423. The van der Waals surface area contributed by atoms with E-state index >= 15 is 0 Å². The molecule has 3 heterocycles. The molecule has 5 rings (SSSR count). The fourth-order valence-electron chi connectivity index (χ4n) is 4.92. The van der Waals surface area contributed by atoms with Gasteiger partial charge < -0.3 is 19.1 Å². The molecular weight excluding hydrogens is 466 g/mol. The van der Waals surface area contributed by atoms with Crippen molar-refractivity contribution in [2.45, 2.75) is 19.4 Å². The smallest absolute Gasteiger partial charge is 0.241 e. The van der Waals surface area contributed by atoms with Gasteiger partial charge in [0.1, 0.15) is 5.75 Å². The van der Waals surface area contributed by atoms with Gasteiger partial charge in [-0.25, -0.2) is 0 Å². The normalized spacial score (nSPS) is 17.5. The SMILES string of the molecule is COc1ccccc1N1CCN(C(=O)C2CCN(Cc3nc(-c4ccccc4Cl)no3)CC2)CC1. The third-order valence-electron chi connectivity index (χ3n) is 6.90. The summed E-state index contributed by atoms with van der Waals surface area (Å²) >= 11 is 6.25. The number of anilines is 1. The van der Waals surface area contributed by atoms with Crippen molar-refractivity contribution in [3.05, 3.63) is 59.4 Å². The molecule has 0 bridgehead atoms. The van der Waals surface area contributed by atoms with Crippen molar-refractivity contribution < 1.29 is 14.1 Å². The number of hydrogen-bond acceptors (Lipinski definition) is 7. The summed E-state index contributed by atoms with van der Waals surface area (Å²) < 4.78 is 11.0. The van der Waals surface area contributed by atoms with Crippen LogP contribution in [0.5, 0.6) is 5.75 Å². The molecular formula is C26H30ClN5O3. The number of nitrogens with zero attached hydrogens (tertiary/aromatic N) is 5. The molecule has 0 saturated carbocycles. The van der Waals surface area contributed by atoms with Crippen LogP contribution in [0.2, 0.25) is 5.02 Å². The van der Waals surface area contributed by atoms with Crippen LogP contribution in [0.4, 0.5) is 5.69 Å². The number of piperazine rings is 1. The van der Waals surface area contributed by atoms with Crippen molar-refractivity contribution in [3.63, 3.8) is 0 Å². The number of carbonyl (C=O) groups is 1. The molecule has 1 amide bonds. The topological polar surface area (TPSA) is 74.9 Å². The third-order valence-corrected chi connectivity index (χ3v) is 7.23. The molecule has 0 spiro atoms. The molecule has 35 heavy (non-hydrogen) atoms. The number of methoxy groups -OCH3 is 1. The zero-order chi connectivity index (χ0) is 24.2. The second-order valence-electron chi connectivity index (χ2n) is 9.03. The maximum absolute atomic E-state index is 13.2. The lowest BCUT2D eigenvalue weighted by Gasteiger charge is -2.39. The van der Waals surface area contributed by atoms with Crippen LogP contribution in [0.1, 0.15) is 18.7 Å². The average molecular weight is 496 g/mol. The minimum absolute atomic E-state index is 0.0745. The molecule has 184 valence electrons. The van der Waals surface area contributed by atoms with Crippen LogP contribution in [0.25, 0.3) is 11.4 Å². The first-order valence-electron chi connectivity index (χ1n) is 12.1. The number of piperidine rings is 1. The number of aromatic nitrogens is 2. The van der Waals surface area contributed by atoms with E-state index in [2.05, 4.69) is 26.0 Å². The summed E-state index contributed by atoms with van der Waals surface area (Å²) in [5.74, 6) is 2.30. The number of ether oxygens (including phenoxy) is 1. The van der Waals surface area contributed by atoms with E-state index in [-0.39, 0.29) is 11.8 Å². The Balaban J connectivity index is 1.10. The van der Waals surface area contributed by atoms with E-state index in [1.165, 1.54) is 0 Å². The lowest BCUT2D eigenvalue weighted by Crippen LogP contribution is -2.51. The van der Waals surface area contributed by atoms with Crippen molar-refractivity contribution >= 4 is 23.2 Å². The number of benzene rings is 2. The number of carbonyl (C=O) groups excluding carboxylic acids is 1. The van der Waals surface area contributed by atoms with Gasteiger partial charge in [-0.05, 0) is 50.2 Å². The van der Waals surface area contributed by atoms with Crippen LogP contribution in [-0.4, -0.2) is 72.2 Å². The number of rotatable bonds is 6. The van der Waals surface area contributed by atoms with E-state index in [1.807, 2.05) is 47.4 Å². The molecule has 0 N–H and O–H groups in total. The Morgan fingerprint density at radius 1 is 1.03 bits per heavy atom. The Bertz CT molecular complexity index is 1150. The summed E-state index contributed by atoms with van der Waals surface area (Å²) in [7, 11) is 1.70. The average Bonchev–Trinajstić information content (AvgIpc) is 3.37. The molecule has 2 saturated heterocycles. The monoisotopic (exact) mass is 495 g/mol. The van der Waals surface area contributed by atoms with E-state index in [9.17, 15) is 4.79 Å². The summed E-state index contributed by atoms with van der Waals surface area (Å²) in [6, 6.07) is 15.5. The minimum atomic E-state index is 0.0745. The molecule has 0 atom stereocenters. The fourth-order valence-corrected chi connectivity index (χ4v) is 5.14. The quantitative estimate of drug-likeness (QED) is 0.512. The highest BCUT2D eigenvalue weighted by Gasteiger charge is 2.31. The van der Waals surface area contributed by atoms with E-state index < -0.39 is 0 Å². The minimum Gasteiger partial charge on any atom is -0.495 e. The number of para-hydroxylation sites is 2. The molecule has 2 aliphatic rings. The molecule has 0 radical (unpaired) electrons. The molecule has 2 aromatic carbocycles. The van der Waals surface area contributed by atoms with Crippen LogP contribution >= 0.6 is 11.6 Å². The van der Waals surface area contributed by atoms with Crippen LogP contribution < -0.4 is 9.64 Å². The van der Waals surface area contributed by atoms with Gasteiger partial charge in [0.15, 0.2) is 0 Å². The maximum atomic E-state index is 13.2. The molecule has 3 aromatic rings. The largest absolute Gasteiger partial charge is 0.495 e. The Morgan fingerprint density at radius 2 is 1.74 bits per heavy atom. The maximum Gasteiger partial charge on any atom is 0.241 e. The first-order valence-corrected chi connectivity index (χ1v) is 12.5. The standard InChI is InChI=1S/C26H30ClN5O3/c1-34-23-9-5-4-8-22(23)31-14-16-32(17-15-31)26(33)19-10-12-30(13-11-19)18-24-28-25(29-35-24)20-6-2-3-7-21(20)27/h2-9,19H,10-18H2,1H3. The zero-order valence-corrected chi connectivity index (χ0v) is 20.7. The molecule has 2 fully saturated rings. The Morgan fingerprint density at radius 3 is 2.49 bits per heavy atom. The summed E-state index contributed by atoms with van der Waals surface area (Å²) in [6.07, 6.45) is 1.69. The summed E-state index contributed by atoms with van der Waals surface area (Å²) in [5, 5.41) is 4.69. The van der Waals surface area contributed by atoms with Gasteiger partial charge in [0, 0.05) is 37.7 Å². The second-order valence-corrected chi connectivity index (χ2v) is 9.43. The first kappa shape index (κ1) is 23.6. The van der Waals surface area contributed by atoms with E-state index in [4.69, 9.17) is 20.9 Å². The van der Waals surface area contributed by atoms with Gasteiger partial charge in [-0.2, -0.15) is 4.98 Å². The second kappa shape index (κ2) is 10.7. The van der Waals surface area contributed by atoms with Crippen LogP contribution in [0.3, 0.4) is 0 Å². The number of halogens is 1. The van der Waals surface area contributed by atoms with Gasteiger partial charge in [0.2, 0.25) is 17.6 Å². The van der Waals surface area contributed by atoms with Crippen LogP contribution in [-0.2, 0) is 11.3 Å². The van der Waals surface area contributed by atoms with Gasteiger partial charge in [-0.15, -0.1) is 0 Å². The Kier molecular flexibility index (Phi) is 7.20. The number of hydrogen-bond donors (Lipinski definition) is 0. The highest BCUT2D eigenvalue weighted by atomic mass is 35.5. The molecule has 0 unspecified atom stereocenters. The van der Waals surface area contributed by atoms with Crippen molar-refractivity contribution in [2.24, 2.45) is 5.92 Å². The Labute approximate surface area is 210 Å². The first-order chi connectivity index (χ1) is 17.1. The van der Waals surface area contributed by atoms with E-state index in [0.717, 1.165) is 69.1 Å². The van der Waals surface area contributed by atoms with Crippen molar-refractivity contribution in [2.75, 3.05) is 51.3 Å². The third kappa shape index (κ3) is 5.28. The molecule has 0 aliphatic carbocycles. The predicted octanol–water partition coefficient (Wildman–Crippen LogP) is 3.96. The van der Waals surface area contributed by atoms with Crippen LogP contribution in [0.15, 0.2) is 53.1 Å². The molecule has 2 aliphatic heterocycles. The van der Waals surface area contributed by atoms with E-state index in [0.29, 0.717) is 23.3 Å². The highest BCUT2D eigenvalue weighted by molar-refractivity contribution is 6.33. The van der Waals surface area contributed by atoms with Gasteiger partial charge in [-0.1, -0.05) is 41.0 Å². The van der Waals surface area contributed by atoms with Crippen molar-refractivity contribution in [1.29, 1.82) is 0 Å². The predicted molar refractivity (Wildman–Crippen MR) is 135 cm³/mol. The summed E-state index contributed by atoms with van der Waals surface area (Å²) in [5.41, 5.74) is 1.86. The Hall–Kier alpha value is -3.10. The molecule has 8 nitrogen and oxygen atoms in total. The van der Waals surface area contributed by atoms with Crippen molar-refractivity contribution in [1.82, 2.24) is 19.9 Å². The van der Waals surface area contributed by atoms with Gasteiger partial charge in [0.05, 0.1) is 24.4 Å². The van der Waals surface area contributed by atoms with E-state index in [1.54, 1.807) is 7.11 Å². The lowest BCUT2D eigenvalue weighted by atomic mass is 9.95. The van der Waals surface area contributed by atoms with Crippen molar-refractivity contribution in [3.8, 4) is 17.1 Å². The highest BCUT2D eigenvalue weighted by Crippen LogP contribution is 2.29. The number of amides is 1. The van der Waals surface area contributed by atoms with Gasteiger partial charge >= 0.3 is 0 Å². The summed E-state index contributed by atoms with van der Waals surface area (Å²) in [6.45, 7) is 5.36. The number of likely N-dealkylation sites (tertiary alicyclic amines) is 1. The van der Waals surface area contributed by atoms with Gasteiger partial charge in [0.25, 0.3) is 0 Å².